The number of benzene rings is 1. The summed E-state index contributed by atoms with van der Waals surface area (Å²) in [5.41, 5.74) is 7.41. The molecule has 0 saturated carbocycles. The van der Waals surface area contributed by atoms with Gasteiger partial charge in [-0.2, -0.15) is 0 Å². The molecule has 1 atom stereocenters. The predicted molar refractivity (Wildman–Crippen MR) is 91.0 cm³/mol. The highest BCUT2D eigenvalue weighted by Crippen LogP contribution is 2.20. The minimum absolute atomic E-state index is 0.0914. The van der Waals surface area contributed by atoms with Gasteiger partial charge in [-0.25, -0.2) is 0 Å². The van der Waals surface area contributed by atoms with Crippen LogP contribution in [0.15, 0.2) is 24.3 Å². The van der Waals surface area contributed by atoms with E-state index in [1.807, 2.05) is 52.1 Å². The number of nitrogens with two attached hydrogens (primary N) is 1. The van der Waals surface area contributed by atoms with Crippen molar-refractivity contribution in [3.8, 4) is 0 Å². The third kappa shape index (κ3) is 6.17. The number of anilines is 1. The number of nitrogen functional groups attached to an aromatic ring is 1. The number of carbonyl (C=O) groups excluding carboxylic acids is 1. The highest BCUT2D eigenvalue weighted by molar-refractivity contribution is 5.81. The Morgan fingerprint density at radius 2 is 1.81 bits per heavy atom. The van der Waals surface area contributed by atoms with E-state index in [0.717, 1.165) is 18.5 Å². The van der Waals surface area contributed by atoms with Crippen LogP contribution in [-0.4, -0.2) is 30.1 Å². The lowest BCUT2D eigenvalue weighted by Crippen LogP contribution is -2.47. The van der Waals surface area contributed by atoms with Crippen LogP contribution in [0.3, 0.4) is 0 Å². The van der Waals surface area contributed by atoms with Crippen molar-refractivity contribution in [2.75, 3.05) is 19.3 Å². The second kappa shape index (κ2) is 9.40. The van der Waals surface area contributed by atoms with Crippen LogP contribution < -0.4 is 11.1 Å². The van der Waals surface area contributed by atoms with Crippen molar-refractivity contribution in [2.24, 2.45) is 0 Å². The average Bonchev–Trinajstić information content (AvgIpc) is 2.73. The molecule has 4 heteroatoms. The molecule has 1 aliphatic heterocycles. The van der Waals surface area contributed by atoms with Gasteiger partial charge in [0, 0.05) is 12.7 Å². The number of hydrogen-bond acceptors (Lipinski definition) is 3. The van der Waals surface area contributed by atoms with E-state index in [9.17, 15) is 4.79 Å². The Balaban J connectivity index is 0.000000354. The summed E-state index contributed by atoms with van der Waals surface area (Å²) in [7, 11) is 1.86. The van der Waals surface area contributed by atoms with E-state index >= 15 is 0 Å². The van der Waals surface area contributed by atoms with E-state index in [1.54, 1.807) is 4.90 Å². The summed E-state index contributed by atoms with van der Waals surface area (Å²) < 4.78 is 0. The third-order valence-electron chi connectivity index (χ3n) is 3.55. The van der Waals surface area contributed by atoms with E-state index in [0.29, 0.717) is 6.54 Å². The smallest absolute Gasteiger partial charge is 0.237 e. The first-order valence-corrected chi connectivity index (χ1v) is 7.73. The average molecular weight is 293 g/mol. The molecule has 3 N–H and O–H groups in total. The van der Waals surface area contributed by atoms with Gasteiger partial charge in [0.15, 0.2) is 0 Å². The monoisotopic (exact) mass is 293 g/mol. The van der Waals surface area contributed by atoms with E-state index in [1.165, 1.54) is 5.56 Å². The quantitative estimate of drug-likeness (QED) is 0.823. The van der Waals surface area contributed by atoms with Crippen LogP contribution in [0, 0.1) is 6.92 Å². The minimum Gasteiger partial charge on any atom is -0.399 e. The van der Waals surface area contributed by atoms with E-state index in [2.05, 4.69) is 19.2 Å². The van der Waals surface area contributed by atoms with Crippen LogP contribution in [0.4, 0.5) is 5.69 Å². The fourth-order valence-electron chi connectivity index (χ4n) is 2.09. The molecule has 120 valence electrons. The summed E-state index contributed by atoms with van der Waals surface area (Å²) in [6.45, 7) is 10.7. The van der Waals surface area contributed by atoms with Gasteiger partial charge in [0.2, 0.25) is 5.91 Å². The molecule has 0 aliphatic carbocycles. The summed E-state index contributed by atoms with van der Waals surface area (Å²) in [5.74, 6) is 0.195. The molecule has 4 nitrogen and oxygen atoms in total. The fraction of sp³-hybridized carbons (Fsp3) is 0.588. The highest BCUT2D eigenvalue weighted by Gasteiger charge is 2.37. The Kier molecular flexibility index (Phi) is 8.70. The maximum absolute atomic E-state index is 11.1. The van der Waals surface area contributed by atoms with E-state index < -0.39 is 0 Å². The molecular formula is C17H31N3O. The molecule has 0 aromatic heterocycles. The summed E-state index contributed by atoms with van der Waals surface area (Å²) in [6, 6.07) is 7.79. The first-order chi connectivity index (χ1) is 9.89. The lowest BCUT2D eigenvalue weighted by molar-refractivity contribution is -0.128. The minimum atomic E-state index is -0.0914. The molecule has 1 fully saturated rings. The van der Waals surface area contributed by atoms with Crippen molar-refractivity contribution >= 4 is 11.6 Å². The molecule has 1 aromatic rings. The second-order valence-electron chi connectivity index (χ2n) is 5.24. The zero-order valence-electron chi connectivity index (χ0n) is 14.4. The maximum atomic E-state index is 11.1. The van der Waals surface area contributed by atoms with Crippen LogP contribution in [0.2, 0.25) is 0 Å². The molecule has 0 radical (unpaired) electrons. The summed E-state index contributed by atoms with van der Waals surface area (Å²) in [4.78, 5) is 12.9. The molecule has 1 aliphatic rings. The number of amides is 1. The summed E-state index contributed by atoms with van der Waals surface area (Å²) in [6.07, 6.45) is 2.12. The van der Waals surface area contributed by atoms with Crippen LogP contribution >= 0.6 is 0 Å². The Bertz CT molecular complexity index is 396. The molecule has 1 saturated heterocycles. The van der Waals surface area contributed by atoms with Crippen molar-refractivity contribution in [1.29, 1.82) is 0 Å². The number of nitrogens with zero attached hydrogens (tertiary/aromatic N) is 1. The zero-order valence-corrected chi connectivity index (χ0v) is 14.4. The highest BCUT2D eigenvalue weighted by atomic mass is 16.2. The zero-order chi connectivity index (χ0) is 16.5. The van der Waals surface area contributed by atoms with Crippen LogP contribution in [0.25, 0.3) is 0 Å². The largest absolute Gasteiger partial charge is 0.399 e. The van der Waals surface area contributed by atoms with Crippen LogP contribution in [0.1, 0.15) is 46.1 Å². The molecular weight excluding hydrogens is 262 g/mol. The Morgan fingerprint density at radius 3 is 2.14 bits per heavy atom. The number of likely N-dealkylation sites (N-methyl/N-ethyl adjacent to an activating group) is 1. The second-order valence-corrected chi connectivity index (χ2v) is 5.24. The van der Waals surface area contributed by atoms with Gasteiger partial charge >= 0.3 is 0 Å². The fourth-order valence-corrected chi connectivity index (χ4v) is 2.09. The first-order valence-electron chi connectivity index (χ1n) is 7.73. The lowest BCUT2D eigenvalue weighted by Gasteiger charge is -2.31. The molecule has 1 heterocycles. The molecule has 1 aromatic carbocycles. The van der Waals surface area contributed by atoms with Gasteiger partial charge < -0.3 is 10.6 Å². The Morgan fingerprint density at radius 1 is 1.29 bits per heavy atom. The number of hydrogen-bond donors (Lipinski definition) is 2. The maximum Gasteiger partial charge on any atom is 0.237 e. The van der Waals surface area contributed by atoms with Gasteiger partial charge in [-0.1, -0.05) is 44.9 Å². The van der Waals surface area contributed by atoms with Crippen molar-refractivity contribution in [3.05, 3.63) is 29.8 Å². The normalized spacial score (nSPS) is 20.3. The number of rotatable bonds is 2. The predicted octanol–water partition coefficient (Wildman–Crippen LogP) is 3.17. The van der Waals surface area contributed by atoms with Gasteiger partial charge in [0.1, 0.15) is 0 Å². The van der Waals surface area contributed by atoms with Crippen LogP contribution in [0.5, 0.6) is 0 Å². The van der Waals surface area contributed by atoms with Gasteiger partial charge in [-0.15, -0.1) is 0 Å². The molecule has 2 rings (SSSR count). The summed E-state index contributed by atoms with van der Waals surface area (Å²) in [5, 5.41) is 3.21. The number of aryl methyl sites for hydroxylation is 1. The standard InChI is InChI=1S/C8H16N2O.C7H9N.C2H6/c1-4-5-8(2)9-6-7(11)10(8)3;1-6-2-4-7(8)5-3-6;1-2/h9H,4-6H2,1-3H3;2-5H,8H2,1H3;1-2H3. The van der Waals surface area contributed by atoms with Gasteiger partial charge in [0.05, 0.1) is 12.2 Å². The number of carbonyl (C=O) groups is 1. The molecule has 0 spiro atoms. The Hall–Kier alpha value is -1.55. The first kappa shape index (κ1) is 19.4. The molecule has 21 heavy (non-hydrogen) atoms. The van der Waals surface area contributed by atoms with Gasteiger partial charge in [-0.3, -0.25) is 10.1 Å². The SMILES string of the molecule is CC.CCCC1(C)NCC(=O)N1C.Cc1ccc(N)cc1. The molecule has 1 unspecified atom stereocenters. The Labute approximate surface area is 129 Å². The molecule has 1 amide bonds. The van der Waals surface area contributed by atoms with Crippen molar-refractivity contribution in [1.82, 2.24) is 10.2 Å². The van der Waals surface area contributed by atoms with Gasteiger partial charge in [-0.05, 0) is 32.4 Å². The lowest BCUT2D eigenvalue weighted by atomic mass is 10.1. The summed E-state index contributed by atoms with van der Waals surface area (Å²) >= 11 is 0. The van der Waals surface area contributed by atoms with Crippen molar-refractivity contribution < 1.29 is 4.79 Å². The van der Waals surface area contributed by atoms with E-state index in [-0.39, 0.29) is 11.6 Å². The number of nitrogens with one attached hydrogen (secondary N) is 1. The molecule has 0 bridgehead atoms. The van der Waals surface area contributed by atoms with Crippen LogP contribution in [-0.2, 0) is 4.79 Å². The third-order valence-corrected chi connectivity index (χ3v) is 3.55. The topological polar surface area (TPSA) is 58.4 Å². The van der Waals surface area contributed by atoms with Crippen molar-refractivity contribution in [2.45, 2.75) is 53.1 Å². The van der Waals surface area contributed by atoms with Gasteiger partial charge in [0.25, 0.3) is 0 Å². The van der Waals surface area contributed by atoms with Crippen molar-refractivity contribution in [3.63, 3.8) is 0 Å². The van der Waals surface area contributed by atoms with E-state index in [4.69, 9.17) is 5.73 Å².